The largest absolute Gasteiger partial charge is 0.469 e. The third-order valence-corrected chi connectivity index (χ3v) is 2.76. The summed E-state index contributed by atoms with van der Waals surface area (Å²) in [6, 6.07) is 12.1. The van der Waals surface area contributed by atoms with Crippen LogP contribution in [0.25, 0.3) is 0 Å². The smallest absolute Gasteiger partial charge is 0.104 e. The van der Waals surface area contributed by atoms with Crippen molar-refractivity contribution in [2.24, 2.45) is 0 Å². The van der Waals surface area contributed by atoms with Gasteiger partial charge in [-0.05, 0) is 24.6 Å². The van der Waals surface area contributed by atoms with Crippen molar-refractivity contribution in [2.75, 3.05) is 6.61 Å². The third-order valence-electron chi connectivity index (χ3n) is 2.76. The van der Waals surface area contributed by atoms with Gasteiger partial charge in [0.2, 0.25) is 0 Å². The molecule has 2 heteroatoms. The second-order valence-electron chi connectivity index (χ2n) is 4.08. The molecule has 1 heterocycles. The van der Waals surface area contributed by atoms with Crippen molar-refractivity contribution in [3.05, 3.63) is 59.5 Å². The van der Waals surface area contributed by atoms with E-state index in [2.05, 4.69) is 25.1 Å². The summed E-state index contributed by atoms with van der Waals surface area (Å²) in [5, 5.41) is 9.43. The fourth-order valence-electron chi connectivity index (χ4n) is 1.88. The van der Waals surface area contributed by atoms with Crippen LogP contribution in [0.5, 0.6) is 0 Å². The van der Waals surface area contributed by atoms with Gasteiger partial charge in [-0.15, -0.1) is 0 Å². The molecule has 0 aliphatic rings. The van der Waals surface area contributed by atoms with Crippen LogP contribution in [0.2, 0.25) is 0 Å². The number of aryl methyl sites for hydroxylation is 1. The van der Waals surface area contributed by atoms with E-state index in [0.29, 0.717) is 0 Å². The molecular weight excluding hydrogens is 200 g/mol. The quantitative estimate of drug-likeness (QED) is 0.852. The Labute approximate surface area is 95.5 Å². The van der Waals surface area contributed by atoms with Crippen molar-refractivity contribution < 1.29 is 9.52 Å². The molecule has 0 fully saturated rings. The molecule has 0 saturated heterocycles. The van der Waals surface area contributed by atoms with Crippen molar-refractivity contribution in [2.45, 2.75) is 19.3 Å². The lowest BCUT2D eigenvalue weighted by atomic mass is 9.94. The highest BCUT2D eigenvalue weighted by Gasteiger charge is 2.12. The monoisotopic (exact) mass is 216 g/mol. The van der Waals surface area contributed by atoms with Gasteiger partial charge in [0, 0.05) is 12.3 Å². The number of hydrogen-bond donors (Lipinski definition) is 1. The van der Waals surface area contributed by atoms with E-state index in [1.165, 1.54) is 11.1 Å². The van der Waals surface area contributed by atoms with Gasteiger partial charge < -0.3 is 9.52 Å². The molecule has 2 aromatic rings. The van der Waals surface area contributed by atoms with Gasteiger partial charge in [0.05, 0.1) is 12.9 Å². The molecule has 1 aromatic carbocycles. The summed E-state index contributed by atoms with van der Waals surface area (Å²) < 4.78 is 5.31. The molecule has 0 bridgehead atoms. The van der Waals surface area contributed by atoms with Crippen LogP contribution in [0, 0.1) is 6.92 Å². The fourth-order valence-corrected chi connectivity index (χ4v) is 1.88. The molecule has 1 unspecified atom stereocenters. The van der Waals surface area contributed by atoms with Gasteiger partial charge in [-0.3, -0.25) is 0 Å². The summed E-state index contributed by atoms with van der Waals surface area (Å²) in [5.74, 6) is 1.03. The van der Waals surface area contributed by atoms with E-state index in [1.807, 2.05) is 18.2 Å². The highest BCUT2D eigenvalue weighted by Crippen LogP contribution is 2.21. The van der Waals surface area contributed by atoms with E-state index in [4.69, 9.17) is 4.42 Å². The second kappa shape index (κ2) is 4.99. The summed E-state index contributed by atoms with van der Waals surface area (Å²) in [5.41, 5.74) is 2.38. The Bertz CT molecular complexity index is 432. The first-order chi connectivity index (χ1) is 7.79. The SMILES string of the molecule is Cc1cccc(C(CO)Cc2ccco2)c1. The van der Waals surface area contributed by atoms with E-state index in [-0.39, 0.29) is 12.5 Å². The first-order valence-corrected chi connectivity index (χ1v) is 5.49. The molecular formula is C14H16O2. The molecule has 0 aliphatic carbocycles. The molecule has 1 N–H and O–H groups in total. The van der Waals surface area contributed by atoms with Gasteiger partial charge in [-0.25, -0.2) is 0 Å². The van der Waals surface area contributed by atoms with Crippen LogP contribution in [0.4, 0.5) is 0 Å². The molecule has 0 aliphatic heterocycles. The minimum absolute atomic E-state index is 0.117. The zero-order valence-electron chi connectivity index (χ0n) is 9.39. The summed E-state index contributed by atoms with van der Waals surface area (Å²) in [6.07, 6.45) is 2.41. The summed E-state index contributed by atoms with van der Waals surface area (Å²) in [7, 11) is 0. The topological polar surface area (TPSA) is 33.4 Å². The predicted molar refractivity (Wildman–Crippen MR) is 63.4 cm³/mol. The van der Waals surface area contributed by atoms with E-state index < -0.39 is 0 Å². The number of aliphatic hydroxyl groups is 1. The van der Waals surface area contributed by atoms with Crippen LogP contribution in [-0.4, -0.2) is 11.7 Å². The number of rotatable bonds is 4. The van der Waals surface area contributed by atoms with E-state index >= 15 is 0 Å². The molecule has 1 atom stereocenters. The Morgan fingerprint density at radius 1 is 1.25 bits per heavy atom. The predicted octanol–water partition coefficient (Wildman–Crippen LogP) is 2.91. The standard InChI is InChI=1S/C14H16O2/c1-11-4-2-5-12(8-11)13(10-15)9-14-6-3-7-16-14/h2-8,13,15H,9-10H2,1H3. The average molecular weight is 216 g/mol. The number of aliphatic hydroxyl groups excluding tert-OH is 1. The van der Waals surface area contributed by atoms with Crippen LogP contribution in [0.1, 0.15) is 22.8 Å². The lowest BCUT2D eigenvalue weighted by molar-refractivity contribution is 0.259. The Morgan fingerprint density at radius 3 is 2.75 bits per heavy atom. The number of benzene rings is 1. The maximum atomic E-state index is 9.43. The minimum Gasteiger partial charge on any atom is -0.469 e. The summed E-state index contributed by atoms with van der Waals surface area (Å²) >= 11 is 0. The normalized spacial score (nSPS) is 12.6. The summed E-state index contributed by atoms with van der Waals surface area (Å²) in [4.78, 5) is 0. The van der Waals surface area contributed by atoms with Crippen LogP contribution in [-0.2, 0) is 6.42 Å². The first kappa shape index (κ1) is 11.0. The Balaban J connectivity index is 2.16. The maximum Gasteiger partial charge on any atom is 0.104 e. The average Bonchev–Trinajstić information content (AvgIpc) is 2.78. The van der Waals surface area contributed by atoms with Crippen LogP contribution >= 0.6 is 0 Å². The van der Waals surface area contributed by atoms with Crippen molar-refractivity contribution in [1.29, 1.82) is 0 Å². The zero-order valence-corrected chi connectivity index (χ0v) is 9.39. The van der Waals surface area contributed by atoms with Crippen molar-refractivity contribution in [3.63, 3.8) is 0 Å². The Hall–Kier alpha value is -1.54. The molecule has 0 saturated carbocycles. The van der Waals surface area contributed by atoms with Crippen LogP contribution in [0.15, 0.2) is 47.1 Å². The van der Waals surface area contributed by atoms with Crippen molar-refractivity contribution >= 4 is 0 Å². The first-order valence-electron chi connectivity index (χ1n) is 5.49. The van der Waals surface area contributed by atoms with E-state index in [9.17, 15) is 5.11 Å². The van der Waals surface area contributed by atoms with Crippen molar-refractivity contribution in [3.8, 4) is 0 Å². The van der Waals surface area contributed by atoms with E-state index in [1.54, 1.807) is 6.26 Å². The molecule has 0 radical (unpaired) electrons. The van der Waals surface area contributed by atoms with E-state index in [0.717, 1.165) is 12.2 Å². The lowest BCUT2D eigenvalue weighted by Crippen LogP contribution is -2.07. The minimum atomic E-state index is 0.117. The Morgan fingerprint density at radius 2 is 2.12 bits per heavy atom. The van der Waals surface area contributed by atoms with Crippen LogP contribution in [0.3, 0.4) is 0 Å². The van der Waals surface area contributed by atoms with Gasteiger partial charge in [0.1, 0.15) is 5.76 Å². The second-order valence-corrected chi connectivity index (χ2v) is 4.08. The number of furan rings is 1. The van der Waals surface area contributed by atoms with Gasteiger partial charge in [-0.1, -0.05) is 29.8 Å². The fraction of sp³-hybridized carbons (Fsp3) is 0.286. The van der Waals surface area contributed by atoms with Gasteiger partial charge >= 0.3 is 0 Å². The molecule has 2 nitrogen and oxygen atoms in total. The molecule has 0 spiro atoms. The summed E-state index contributed by atoms with van der Waals surface area (Å²) in [6.45, 7) is 2.20. The van der Waals surface area contributed by atoms with Gasteiger partial charge in [0.25, 0.3) is 0 Å². The van der Waals surface area contributed by atoms with Crippen molar-refractivity contribution in [1.82, 2.24) is 0 Å². The highest BCUT2D eigenvalue weighted by molar-refractivity contribution is 5.26. The Kier molecular flexibility index (Phi) is 3.42. The molecule has 84 valence electrons. The molecule has 2 rings (SSSR count). The molecule has 16 heavy (non-hydrogen) atoms. The highest BCUT2D eigenvalue weighted by atomic mass is 16.3. The zero-order chi connectivity index (χ0) is 11.4. The van der Waals surface area contributed by atoms with Gasteiger partial charge in [-0.2, -0.15) is 0 Å². The molecule has 1 aromatic heterocycles. The van der Waals surface area contributed by atoms with Crippen LogP contribution < -0.4 is 0 Å². The molecule has 0 amide bonds. The third kappa shape index (κ3) is 2.52. The van der Waals surface area contributed by atoms with Gasteiger partial charge in [0.15, 0.2) is 0 Å². The maximum absolute atomic E-state index is 9.43. The number of hydrogen-bond acceptors (Lipinski definition) is 2. The lowest BCUT2D eigenvalue weighted by Gasteiger charge is -2.13.